The maximum Gasteiger partial charge on any atom is 0.225 e. The van der Waals surface area contributed by atoms with Gasteiger partial charge in [0.05, 0.1) is 0 Å². The topological polar surface area (TPSA) is 29.0 Å². The third-order valence-corrected chi connectivity index (χ3v) is 3.54. The normalized spacial score (nSPS) is 14.4. The second-order valence-corrected chi connectivity index (χ2v) is 4.94. The Morgan fingerprint density at radius 3 is 2.67 bits per heavy atom. The summed E-state index contributed by atoms with van der Waals surface area (Å²) in [7, 11) is 0. The van der Waals surface area contributed by atoms with Crippen LogP contribution in [0.4, 0.5) is 5.95 Å². The van der Waals surface area contributed by atoms with Gasteiger partial charge in [-0.2, -0.15) is 0 Å². The average Bonchev–Trinajstić information content (AvgIpc) is 2.39. The number of hydrogen-bond donors (Lipinski definition) is 0. The number of aryl methyl sites for hydroxylation is 2. The summed E-state index contributed by atoms with van der Waals surface area (Å²) >= 11 is 0. The minimum absolute atomic E-state index is 0.835. The summed E-state index contributed by atoms with van der Waals surface area (Å²) in [6, 6.07) is 6.42. The van der Waals surface area contributed by atoms with Crippen molar-refractivity contribution in [3.63, 3.8) is 0 Å². The molecule has 1 aliphatic rings. The molecule has 0 amide bonds. The second kappa shape index (κ2) is 4.41. The molecule has 0 atom stereocenters. The molecular weight excluding hydrogens is 222 g/mol. The summed E-state index contributed by atoms with van der Waals surface area (Å²) in [4.78, 5) is 10.9. The van der Waals surface area contributed by atoms with Gasteiger partial charge in [-0.1, -0.05) is 17.7 Å². The highest BCUT2D eigenvalue weighted by molar-refractivity contribution is 5.44. The van der Waals surface area contributed by atoms with E-state index in [1.54, 1.807) is 12.4 Å². The zero-order valence-electron chi connectivity index (χ0n) is 10.8. The van der Waals surface area contributed by atoms with Crippen molar-refractivity contribution in [2.75, 3.05) is 11.4 Å². The van der Waals surface area contributed by atoms with Crippen molar-refractivity contribution < 1.29 is 0 Å². The number of benzene rings is 1. The molecule has 0 radical (unpaired) electrons. The van der Waals surface area contributed by atoms with Crippen LogP contribution in [0, 0.1) is 13.8 Å². The molecule has 3 nitrogen and oxygen atoms in total. The Balaban J connectivity index is 1.94. The third-order valence-electron chi connectivity index (χ3n) is 3.54. The van der Waals surface area contributed by atoms with Crippen molar-refractivity contribution >= 4 is 5.95 Å². The quantitative estimate of drug-likeness (QED) is 0.766. The van der Waals surface area contributed by atoms with Gasteiger partial charge in [-0.3, -0.25) is 0 Å². The molecule has 1 aromatic heterocycles. The van der Waals surface area contributed by atoms with E-state index in [4.69, 9.17) is 0 Å². The summed E-state index contributed by atoms with van der Waals surface area (Å²) in [5.74, 6) is 0.835. The second-order valence-electron chi connectivity index (χ2n) is 4.94. The largest absolute Gasteiger partial charge is 0.336 e. The molecule has 3 rings (SSSR count). The van der Waals surface area contributed by atoms with Crippen LogP contribution >= 0.6 is 0 Å². The fraction of sp³-hybridized carbons (Fsp3) is 0.333. The maximum absolute atomic E-state index is 4.34. The van der Waals surface area contributed by atoms with Crippen LogP contribution in [0.2, 0.25) is 0 Å². The highest BCUT2D eigenvalue weighted by Gasteiger charge is 2.19. The van der Waals surface area contributed by atoms with Crippen molar-refractivity contribution in [1.82, 2.24) is 9.97 Å². The van der Waals surface area contributed by atoms with Gasteiger partial charge in [-0.25, -0.2) is 9.97 Å². The Labute approximate surface area is 108 Å². The molecule has 2 aromatic rings. The van der Waals surface area contributed by atoms with Crippen molar-refractivity contribution in [2.45, 2.75) is 26.8 Å². The monoisotopic (exact) mass is 239 g/mol. The number of nitrogens with zero attached hydrogens (tertiary/aromatic N) is 3. The summed E-state index contributed by atoms with van der Waals surface area (Å²) in [5.41, 5.74) is 5.68. The molecule has 1 aromatic carbocycles. The van der Waals surface area contributed by atoms with E-state index in [1.165, 1.54) is 22.3 Å². The molecule has 0 bridgehead atoms. The fourth-order valence-corrected chi connectivity index (χ4v) is 2.74. The SMILES string of the molecule is Cc1cc(C)c2c(c1)CN(c1ncccn1)CC2. The molecule has 0 fully saturated rings. The molecule has 92 valence electrons. The zero-order valence-corrected chi connectivity index (χ0v) is 10.8. The third kappa shape index (κ3) is 1.96. The first-order valence-corrected chi connectivity index (χ1v) is 6.35. The fourth-order valence-electron chi connectivity index (χ4n) is 2.74. The predicted molar refractivity (Wildman–Crippen MR) is 72.7 cm³/mol. The van der Waals surface area contributed by atoms with Gasteiger partial charge >= 0.3 is 0 Å². The van der Waals surface area contributed by atoms with Crippen LogP contribution in [0.25, 0.3) is 0 Å². The van der Waals surface area contributed by atoms with E-state index in [-0.39, 0.29) is 0 Å². The van der Waals surface area contributed by atoms with Crippen molar-refractivity contribution in [3.05, 3.63) is 52.8 Å². The van der Waals surface area contributed by atoms with Crippen LogP contribution < -0.4 is 4.90 Å². The van der Waals surface area contributed by atoms with Gasteiger partial charge in [0.1, 0.15) is 0 Å². The van der Waals surface area contributed by atoms with Gasteiger partial charge in [0.25, 0.3) is 0 Å². The number of aromatic nitrogens is 2. The zero-order chi connectivity index (χ0) is 12.5. The first kappa shape index (κ1) is 11.2. The van der Waals surface area contributed by atoms with Crippen LogP contribution in [0.3, 0.4) is 0 Å². The van der Waals surface area contributed by atoms with Crippen molar-refractivity contribution in [3.8, 4) is 0 Å². The number of anilines is 1. The highest BCUT2D eigenvalue weighted by atomic mass is 15.2. The van der Waals surface area contributed by atoms with Crippen LogP contribution in [0.5, 0.6) is 0 Å². The van der Waals surface area contributed by atoms with Gasteiger partial charge in [0.15, 0.2) is 0 Å². The molecule has 0 unspecified atom stereocenters. The predicted octanol–water partition coefficient (Wildman–Crippen LogP) is 2.66. The lowest BCUT2D eigenvalue weighted by atomic mass is 9.93. The van der Waals surface area contributed by atoms with E-state index >= 15 is 0 Å². The minimum atomic E-state index is 0.835. The average molecular weight is 239 g/mol. The first-order chi connectivity index (χ1) is 8.74. The summed E-state index contributed by atoms with van der Waals surface area (Å²) < 4.78 is 0. The molecule has 0 spiro atoms. The van der Waals surface area contributed by atoms with Crippen LogP contribution in [-0.2, 0) is 13.0 Å². The van der Waals surface area contributed by atoms with Gasteiger partial charge in [0, 0.05) is 25.5 Å². The van der Waals surface area contributed by atoms with Gasteiger partial charge in [-0.05, 0) is 43.0 Å². The molecule has 0 N–H and O–H groups in total. The highest BCUT2D eigenvalue weighted by Crippen LogP contribution is 2.25. The van der Waals surface area contributed by atoms with Crippen LogP contribution in [-0.4, -0.2) is 16.5 Å². The van der Waals surface area contributed by atoms with Crippen molar-refractivity contribution in [1.29, 1.82) is 0 Å². The Kier molecular flexibility index (Phi) is 2.74. The minimum Gasteiger partial charge on any atom is -0.336 e. The number of fused-ring (bicyclic) bond motifs is 1. The summed E-state index contributed by atoms with van der Waals surface area (Å²) in [5, 5.41) is 0. The van der Waals surface area contributed by atoms with E-state index in [1.807, 2.05) is 6.07 Å². The smallest absolute Gasteiger partial charge is 0.225 e. The van der Waals surface area contributed by atoms with Crippen molar-refractivity contribution in [2.24, 2.45) is 0 Å². The summed E-state index contributed by atoms with van der Waals surface area (Å²) in [6.45, 7) is 6.29. The molecule has 0 aliphatic carbocycles. The standard InChI is InChI=1S/C15H17N3/c1-11-8-12(2)14-4-7-18(10-13(14)9-11)15-16-5-3-6-17-15/h3,5-6,8-9H,4,7,10H2,1-2H3. The number of rotatable bonds is 1. The Bertz CT molecular complexity index is 563. The molecule has 0 saturated carbocycles. The lowest BCUT2D eigenvalue weighted by Crippen LogP contribution is -2.32. The Hall–Kier alpha value is -1.90. The Morgan fingerprint density at radius 1 is 1.11 bits per heavy atom. The van der Waals surface area contributed by atoms with E-state index in [0.717, 1.165) is 25.5 Å². The van der Waals surface area contributed by atoms with Gasteiger partial charge in [0.2, 0.25) is 5.95 Å². The lowest BCUT2D eigenvalue weighted by molar-refractivity contribution is 0.703. The molecule has 0 saturated heterocycles. The van der Waals surface area contributed by atoms with E-state index in [9.17, 15) is 0 Å². The van der Waals surface area contributed by atoms with Gasteiger partial charge < -0.3 is 4.90 Å². The summed E-state index contributed by atoms with van der Waals surface area (Å²) in [6.07, 6.45) is 4.69. The van der Waals surface area contributed by atoms with E-state index < -0.39 is 0 Å². The maximum atomic E-state index is 4.34. The molecule has 2 heterocycles. The van der Waals surface area contributed by atoms with Gasteiger partial charge in [-0.15, -0.1) is 0 Å². The molecule has 3 heteroatoms. The Morgan fingerprint density at radius 2 is 1.89 bits per heavy atom. The van der Waals surface area contributed by atoms with E-state index in [2.05, 4.69) is 40.8 Å². The lowest BCUT2D eigenvalue weighted by Gasteiger charge is -2.30. The first-order valence-electron chi connectivity index (χ1n) is 6.35. The number of hydrogen-bond acceptors (Lipinski definition) is 3. The molecule has 18 heavy (non-hydrogen) atoms. The molecule has 1 aliphatic heterocycles. The van der Waals surface area contributed by atoms with Crippen LogP contribution in [0.15, 0.2) is 30.6 Å². The molecular formula is C15H17N3. The van der Waals surface area contributed by atoms with Crippen LogP contribution in [0.1, 0.15) is 22.3 Å². The van der Waals surface area contributed by atoms with E-state index in [0.29, 0.717) is 0 Å².